The molecule has 0 bridgehead atoms. The van der Waals surface area contributed by atoms with E-state index in [4.69, 9.17) is 16.3 Å². The second kappa shape index (κ2) is 6.78. The summed E-state index contributed by atoms with van der Waals surface area (Å²) in [5, 5.41) is 1.62. The lowest BCUT2D eigenvalue weighted by molar-refractivity contribution is 0.115. The van der Waals surface area contributed by atoms with Crippen LogP contribution in [-0.2, 0) is 10.1 Å². The molecule has 1 aliphatic heterocycles. The summed E-state index contributed by atoms with van der Waals surface area (Å²) in [5.41, 5.74) is 2.50. The van der Waals surface area contributed by atoms with Crippen molar-refractivity contribution < 1.29 is 4.74 Å². The molecule has 2 nitrogen and oxygen atoms in total. The van der Waals surface area contributed by atoms with Crippen LogP contribution in [0.15, 0.2) is 18.2 Å². The van der Waals surface area contributed by atoms with Crippen LogP contribution in [0.25, 0.3) is 0 Å². The Bertz CT molecular complexity index is 393. The van der Waals surface area contributed by atoms with Gasteiger partial charge in [0.1, 0.15) is 0 Å². The zero-order chi connectivity index (χ0) is 13.0. The molecule has 0 N–H and O–H groups in total. The van der Waals surface area contributed by atoms with Crippen LogP contribution in [0.5, 0.6) is 0 Å². The minimum Gasteiger partial charge on any atom is -0.376 e. The summed E-state index contributed by atoms with van der Waals surface area (Å²) in [7, 11) is 0. The van der Waals surface area contributed by atoms with E-state index in [1.165, 1.54) is 24.1 Å². The van der Waals surface area contributed by atoms with Crippen molar-refractivity contribution in [1.82, 2.24) is 0 Å². The second-order valence-corrected chi connectivity index (χ2v) is 5.58. The molecule has 1 aromatic rings. The fraction of sp³-hybridized carbons (Fsp3) is 0.571. The van der Waals surface area contributed by atoms with Crippen molar-refractivity contribution in [3.05, 3.63) is 28.8 Å². The number of ether oxygens (including phenoxy) is 1. The van der Waals surface area contributed by atoms with Crippen molar-refractivity contribution in [1.29, 1.82) is 0 Å². The van der Waals surface area contributed by atoms with Gasteiger partial charge >= 0.3 is 0 Å². The van der Waals surface area contributed by atoms with Crippen molar-refractivity contribution in [2.45, 2.75) is 31.2 Å². The Labute approximate surface area is 122 Å². The summed E-state index contributed by atoms with van der Waals surface area (Å²) in [6, 6.07) is 6.10. The molecule has 1 saturated heterocycles. The predicted octanol–water partition coefficient (Wildman–Crippen LogP) is 4.24. The number of nitrogens with zero attached hydrogens (tertiary/aromatic N) is 1. The zero-order valence-corrected chi connectivity index (χ0v) is 13.0. The van der Waals surface area contributed by atoms with Crippen molar-refractivity contribution in [2.75, 3.05) is 24.6 Å². The van der Waals surface area contributed by atoms with E-state index in [1.807, 2.05) is 12.1 Å². The first-order valence-electron chi connectivity index (χ1n) is 6.45. The van der Waals surface area contributed by atoms with Gasteiger partial charge in [0, 0.05) is 35.7 Å². The Morgan fingerprint density at radius 2 is 2.33 bits per heavy atom. The van der Waals surface area contributed by atoms with E-state index in [2.05, 4.69) is 33.8 Å². The molecule has 2 rings (SSSR count). The van der Waals surface area contributed by atoms with Crippen LogP contribution >= 0.6 is 27.5 Å². The van der Waals surface area contributed by atoms with Gasteiger partial charge in [0.25, 0.3) is 0 Å². The van der Waals surface area contributed by atoms with Crippen LogP contribution < -0.4 is 4.90 Å². The minimum absolute atomic E-state index is 0.379. The van der Waals surface area contributed by atoms with Crippen molar-refractivity contribution in [3.63, 3.8) is 0 Å². The van der Waals surface area contributed by atoms with Crippen LogP contribution in [0.4, 0.5) is 5.69 Å². The summed E-state index contributed by atoms with van der Waals surface area (Å²) < 4.78 is 5.72. The maximum atomic E-state index is 6.05. The third kappa shape index (κ3) is 3.40. The Morgan fingerprint density at radius 3 is 2.94 bits per heavy atom. The van der Waals surface area contributed by atoms with E-state index in [-0.39, 0.29) is 0 Å². The molecule has 18 heavy (non-hydrogen) atoms. The number of halogens is 2. The molecule has 1 fully saturated rings. The van der Waals surface area contributed by atoms with E-state index < -0.39 is 0 Å². The van der Waals surface area contributed by atoms with E-state index in [1.54, 1.807) is 0 Å². The second-order valence-electron chi connectivity index (χ2n) is 4.58. The van der Waals surface area contributed by atoms with E-state index in [0.29, 0.717) is 6.10 Å². The van der Waals surface area contributed by atoms with E-state index >= 15 is 0 Å². The molecule has 0 spiro atoms. The highest BCUT2D eigenvalue weighted by Crippen LogP contribution is 2.27. The van der Waals surface area contributed by atoms with Gasteiger partial charge in [0.2, 0.25) is 0 Å². The molecule has 0 saturated carbocycles. The smallest absolute Gasteiger partial charge is 0.0750 e. The largest absolute Gasteiger partial charge is 0.376 e. The maximum absolute atomic E-state index is 6.05. The average molecular weight is 333 g/mol. The van der Waals surface area contributed by atoms with Crippen molar-refractivity contribution in [2.24, 2.45) is 0 Å². The van der Waals surface area contributed by atoms with Gasteiger partial charge < -0.3 is 9.64 Å². The maximum Gasteiger partial charge on any atom is 0.0750 e. The molecule has 0 aliphatic carbocycles. The van der Waals surface area contributed by atoms with Gasteiger partial charge in [-0.2, -0.15) is 0 Å². The Kier molecular flexibility index (Phi) is 5.34. The van der Waals surface area contributed by atoms with Crippen molar-refractivity contribution >= 4 is 33.2 Å². The van der Waals surface area contributed by atoms with E-state index in [0.717, 1.165) is 30.0 Å². The number of rotatable bonds is 5. The Hall–Kier alpha value is -0.250. The summed E-state index contributed by atoms with van der Waals surface area (Å²) >= 11 is 9.59. The van der Waals surface area contributed by atoms with Gasteiger partial charge in [-0.05, 0) is 43.5 Å². The van der Waals surface area contributed by atoms with Gasteiger partial charge in [-0.1, -0.05) is 27.5 Å². The summed E-state index contributed by atoms with van der Waals surface area (Å²) in [6.07, 6.45) is 2.74. The first-order valence-corrected chi connectivity index (χ1v) is 7.95. The lowest BCUT2D eigenvalue weighted by Gasteiger charge is -2.28. The van der Waals surface area contributed by atoms with Gasteiger partial charge in [0.05, 0.1) is 6.10 Å². The number of anilines is 1. The van der Waals surface area contributed by atoms with Gasteiger partial charge in [-0.15, -0.1) is 0 Å². The van der Waals surface area contributed by atoms with Gasteiger partial charge in [-0.3, -0.25) is 0 Å². The predicted molar refractivity (Wildman–Crippen MR) is 80.9 cm³/mol. The number of alkyl halides is 1. The van der Waals surface area contributed by atoms with Crippen LogP contribution in [-0.4, -0.2) is 25.8 Å². The molecule has 100 valence electrons. The fourth-order valence-corrected chi connectivity index (χ4v) is 3.05. The molecule has 1 heterocycles. The summed E-state index contributed by atoms with van der Waals surface area (Å²) in [5.74, 6) is 0. The molecular formula is C14H19BrClNO. The molecule has 1 aromatic carbocycles. The summed E-state index contributed by atoms with van der Waals surface area (Å²) in [4.78, 5) is 2.38. The zero-order valence-electron chi connectivity index (χ0n) is 10.7. The lowest BCUT2D eigenvalue weighted by Crippen LogP contribution is -2.32. The highest BCUT2D eigenvalue weighted by molar-refractivity contribution is 9.08. The third-order valence-electron chi connectivity index (χ3n) is 3.36. The number of hydrogen-bond donors (Lipinski definition) is 0. The molecule has 1 atom stereocenters. The van der Waals surface area contributed by atoms with Gasteiger partial charge in [-0.25, -0.2) is 0 Å². The van der Waals surface area contributed by atoms with Crippen LogP contribution in [0.2, 0.25) is 5.02 Å². The molecule has 1 aliphatic rings. The van der Waals surface area contributed by atoms with E-state index in [9.17, 15) is 0 Å². The summed E-state index contributed by atoms with van der Waals surface area (Å²) in [6.45, 7) is 5.05. The Balaban J connectivity index is 2.15. The molecule has 0 amide bonds. The lowest BCUT2D eigenvalue weighted by atomic mass is 10.1. The number of hydrogen-bond acceptors (Lipinski definition) is 2. The standard InChI is InChI=1S/C14H19BrClNO/c1-2-17(10-13-4-3-7-18-13)14-6-5-12(16)8-11(14)9-15/h5-6,8,13H,2-4,7,9-10H2,1H3. The first kappa shape index (κ1) is 14.2. The quantitative estimate of drug-likeness (QED) is 0.748. The SMILES string of the molecule is CCN(CC1CCCO1)c1ccc(Cl)cc1CBr. The molecule has 0 radical (unpaired) electrons. The third-order valence-corrected chi connectivity index (χ3v) is 4.20. The monoisotopic (exact) mass is 331 g/mol. The normalized spacial score (nSPS) is 19.2. The highest BCUT2D eigenvalue weighted by Gasteiger charge is 2.20. The molecule has 0 aromatic heterocycles. The number of likely N-dealkylation sites (N-methyl/N-ethyl adjacent to an activating group) is 1. The Morgan fingerprint density at radius 1 is 1.50 bits per heavy atom. The van der Waals surface area contributed by atoms with Crippen molar-refractivity contribution in [3.8, 4) is 0 Å². The topological polar surface area (TPSA) is 12.5 Å². The molecular weight excluding hydrogens is 314 g/mol. The minimum atomic E-state index is 0.379. The highest BCUT2D eigenvalue weighted by atomic mass is 79.9. The fourth-order valence-electron chi connectivity index (χ4n) is 2.40. The van der Waals surface area contributed by atoms with Crippen LogP contribution in [0.1, 0.15) is 25.3 Å². The number of benzene rings is 1. The van der Waals surface area contributed by atoms with Crippen LogP contribution in [0, 0.1) is 0 Å². The van der Waals surface area contributed by atoms with Crippen LogP contribution in [0.3, 0.4) is 0 Å². The molecule has 1 unspecified atom stereocenters. The average Bonchev–Trinajstić information content (AvgIpc) is 2.89. The first-order chi connectivity index (χ1) is 8.74. The molecule has 4 heteroatoms. The van der Waals surface area contributed by atoms with Gasteiger partial charge in [0.15, 0.2) is 0 Å².